The number of ketones is 1. The molecule has 1 saturated carbocycles. The topological polar surface area (TPSA) is 55.0 Å². The van der Waals surface area contributed by atoms with Crippen molar-refractivity contribution in [3.05, 3.63) is 11.9 Å². The van der Waals surface area contributed by atoms with Gasteiger partial charge < -0.3 is 9.72 Å². The molecule has 1 fully saturated rings. The highest BCUT2D eigenvalue weighted by atomic mass is 16.5. The Morgan fingerprint density at radius 1 is 1.69 bits per heavy atom. The van der Waals surface area contributed by atoms with Gasteiger partial charge >= 0.3 is 0 Å². The molecule has 4 nitrogen and oxygen atoms in total. The summed E-state index contributed by atoms with van der Waals surface area (Å²) in [4.78, 5) is 18.4. The Balaban J connectivity index is 2.10. The van der Waals surface area contributed by atoms with Crippen LogP contribution in [0, 0.1) is 5.92 Å². The lowest BCUT2D eigenvalue weighted by molar-refractivity contribution is 0.0850. The molecule has 1 aromatic heterocycles. The maximum atomic E-state index is 11.6. The Hall–Kier alpha value is -1.32. The zero-order chi connectivity index (χ0) is 9.26. The number of hydrogen-bond donors (Lipinski definition) is 1. The van der Waals surface area contributed by atoms with Gasteiger partial charge in [-0.2, -0.15) is 0 Å². The van der Waals surface area contributed by atoms with Crippen molar-refractivity contribution in [1.82, 2.24) is 9.97 Å². The standard InChI is InChI=1S/C9H12N2O2/c1-13-9-10-5-7(11-9)8(12)6-3-2-4-6/h5-6H,2-4H2,1H3,(H,10,11). The average Bonchev–Trinajstić information content (AvgIpc) is 2.48. The number of aromatic nitrogens is 2. The first-order valence-electron chi connectivity index (χ1n) is 4.44. The summed E-state index contributed by atoms with van der Waals surface area (Å²) in [6.07, 6.45) is 4.74. The van der Waals surface area contributed by atoms with E-state index >= 15 is 0 Å². The number of nitrogens with zero attached hydrogens (tertiary/aromatic N) is 1. The number of hydrogen-bond acceptors (Lipinski definition) is 3. The first-order valence-corrected chi connectivity index (χ1v) is 4.44. The Bertz CT molecular complexity index is 315. The predicted molar refractivity (Wildman–Crippen MR) is 46.8 cm³/mol. The van der Waals surface area contributed by atoms with Crippen LogP contribution in [0.25, 0.3) is 0 Å². The number of nitrogens with one attached hydrogen (secondary N) is 1. The molecule has 0 spiro atoms. The highest BCUT2D eigenvalue weighted by molar-refractivity contribution is 5.96. The van der Waals surface area contributed by atoms with Crippen molar-refractivity contribution >= 4 is 5.78 Å². The highest BCUT2D eigenvalue weighted by Crippen LogP contribution is 2.29. The van der Waals surface area contributed by atoms with Gasteiger partial charge in [0.2, 0.25) is 0 Å². The van der Waals surface area contributed by atoms with Crippen LogP contribution in [0.1, 0.15) is 29.8 Å². The molecule has 0 saturated heterocycles. The Kier molecular flexibility index (Phi) is 2.04. The van der Waals surface area contributed by atoms with E-state index < -0.39 is 0 Å². The summed E-state index contributed by atoms with van der Waals surface area (Å²) >= 11 is 0. The number of methoxy groups -OCH3 is 1. The molecule has 1 aliphatic carbocycles. The van der Waals surface area contributed by atoms with Crippen LogP contribution in [0.3, 0.4) is 0 Å². The Morgan fingerprint density at radius 2 is 2.46 bits per heavy atom. The molecule has 0 unspecified atom stereocenters. The van der Waals surface area contributed by atoms with Crippen LogP contribution in [-0.4, -0.2) is 22.9 Å². The van der Waals surface area contributed by atoms with Crippen LogP contribution >= 0.6 is 0 Å². The van der Waals surface area contributed by atoms with Gasteiger partial charge in [-0.3, -0.25) is 4.79 Å². The number of ether oxygens (including phenoxy) is 1. The lowest BCUT2D eigenvalue weighted by Crippen LogP contribution is -2.22. The maximum absolute atomic E-state index is 11.6. The number of imidazole rings is 1. The fourth-order valence-electron chi connectivity index (χ4n) is 1.42. The van der Waals surface area contributed by atoms with E-state index in [1.165, 1.54) is 13.5 Å². The Morgan fingerprint density at radius 3 is 2.92 bits per heavy atom. The van der Waals surface area contributed by atoms with Crippen molar-refractivity contribution in [2.24, 2.45) is 5.92 Å². The molecule has 1 aliphatic rings. The maximum Gasteiger partial charge on any atom is 0.293 e. The van der Waals surface area contributed by atoms with Crippen LogP contribution in [0.2, 0.25) is 0 Å². The number of Topliss-reactive ketones (excluding diaryl/α,β-unsaturated/α-hetero) is 1. The third-order valence-electron chi connectivity index (χ3n) is 2.49. The molecule has 2 rings (SSSR count). The zero-order valence-corrected chi connectivity index (χ0v) is 7.54. The molecule has 0 amide bonds. The van der Waals surface area contributed by atoms with E-state index in [4.69, 9.17) is 4.74 Å². The van der Waals surface area contributed by atoms with Crippen molar-refractivity contribution in [2.45, 2.75) is 19.3 Å². The van der Waals surface area contributed by atoms with E-state index in [1.54, 1.807) is 6.20 Å². The first-order chi connectivity index (χ1) is 6.31. The molecule has 1 heterocycles. The average molecular weight is 180 g/mol. The molecule has 0 aliphatic heterocycles. The third kappa shape index (κ3) is 1.43. The van der Waals surface area contributed by atoms with Gasteiger partial charge in [-0.15, -0.1) is 0 Å². The quantitative estimate of drug-likeness (QED) is 0.715. The van der Waals surface area contributed by atoms with E-state index in [9.17, 15) is 4.79 Å². The van der Waals surface area contributed by atoms with Gasteiger partial charge in [-0.1, -0.05) is 6.42 Å². The molecule has 1 N–H and O–H groups in total. The molecular weight excluding hydrogens is 168 g/mol. The molecular formula is C9H12N2O2. The Labute approximate surface area is 76.3 Å². The summed E-state index contributed by atoms with van der Waals surface area (Å²) in [6.45, 7) is 0. The molecule has 1 aromatic rings. The fraction of sp³-hybridized carbons (Fsp3) is 0.556. The molecule has 0 radical (unpaired) electrons. The van der Waals surface area contributed by atoms with Gasteiger partial charge in [0.05, 0.1) is 13.3 Å². The van der Waals surface area contributed by atoms with Gasteiger partial charge in [-0.25, -0.2) is 4.98 Å². The summed E-state index contributed by atoms with van der Waals surface area (Å²) < 4.78 is 4.86. The number of H-pyrrole nitrogens is 1. The second-order valence-electron chi connectivity index (χ2n) is 3.30. The predicted octanol–water partition coefficient (Wildman–Crippen LogP) is 1.40. The van der Waals surface area contributed by atoms with Gasteiger partial charge in [-0.05, 0) is 12.8 Å². The number of carbonyl (C=O) groups excluding carboxylic acids is 1. The van der Waals surface area contributed by atoms with Crippen molar-refractivity contribution in [1.29, 1.82) is 0 Å². The lowest BCUT2D eigenvalue weighted by atomic mass is 9.81. The highest BCUT2D eigenvalue weighted by Gasteiger charge is 2.27. The van der Waals surface area contributed by atoms with Crippen LogP contribution in [0.4, 0.5) is 0 Å². The van der Waals surface area contributed by atoms with Crippen molar-refractivity contribution < 1.29 is 9.53 Å². The van der Waals surface area contributed by atoms with Crippen molar-refractivity contribution in [3.63, 3.8) is 0 Å². The summed E-state index contributed by atoms with van der Waals surface area (Å²) in [5.74, 6) is 0.382. The van der Waals surface area contributed by atoms with Crippen LogP contribution in [0.5, 0.6) is 6.01 Å². The van der Waals surface area contributed by atoms with E-state index in [1.807, 2.05) is 0 Å². The first kappa shape index (κ1) is 8.29. The zero-order valence-electron chi connectivity index (χ0n) is 7.54. The second-order valence-corrected chi connectivity index (χ2v) is 3.30. The summed E-state index contributed by atoms with van der Waals surface area (Å²) in [6, 6.07) is 0.405. The summed E-state index contributed by atoms with van der Waals surface area (Å²) in [5.41, 5.74) is 0.571. The number of aromatic amines is 1. The smallest absolute Gasteiger partial charge is 0.293 e. The van der Waals surface area contributed by atoms with Crippen LogP contribution in [-0.2, 0) is 0 Å². The largest absolute Gasteiger partial charge is 0.468 e. The minimum atomic E-state index is 0.169. The molecule has 0 aromatic carbocycles. The third-order valence-corrected chi connectivity index (χ3v) is 2.49. The molecule has 0 bridgehead atoms. The van der Waals surface area contributed by atoms with Crippen LogP contribution in [0.15, 0.2) is 6.20 Å². The van der Waals surface area contributed by atoms with Crippen molar-refractivity contribution in [2.75, 3.05) is 7.11 Å². The van der Waals surface area contributed by atoms with E-state index in [2.05, 4.69) is 9.97 Å². The SMILES string of the molecule is COc1ncc(C(=O)C2CCC2)[nH]1. The van der Waals surface area contributed by atoms with E-state index in [-0.39, 0.29) is 11.7 Å². The van der Waals surface area contributed by atoms with Gasteiger partial charge in [0, 0.05) is 5.92 Å². The molecule has 70 valence electrons. The monoisotopic (exact) mass is 180 g/mol. The summed E-state index contributed by atoms with van der Waals surface area (Å²) in [7, 11) is 1.52. The van der Waals surface area contributed by atoms with E-state index in [0.717, 1.165) is 12.8 Å². The van der Waals surface area contributed by atoms with Crippen LogP contribution < -0.4 is 4.74 Å². The van der Waals surface area contributed by atoms with E-state index in [0.29, 0.717) is 11.7 Å². The summed E-state index contributed by atoms with van der Waals surface area (Å²) in [5, 5.41) is 0. The van der Waals surface area contributed by atoms with Gasteiger partial charge in [0.1, 0.15) is 5.69 Å². The number of rotatable bonds is 3. The minimum Gasteiger partial charge on any atom is -0.468 e. The normalized spacial score (nSPS) is 16.7. The lowest BCUT2D eigenvalue weighted by Gasteiger charge is -2.22. The second kappa shape index (κ2) is 3.20. The molecule has 4 heteroatoms. The molecule has 13 heavy (non-hydrogen) atoms. The van der Waals surface area contributed by atoms with Gasteiger partial charge in [0.25, 0.3) is 6.01 Å². The van der Waals surface area contributed by atoms with Gasteiger partial charge in [0.15, 0.2) is 5.78 Å². The molecule has 0 atom stereocenters. The minimum absolute atomic E-state index is 0.169. The number of carbonyl (C=O) groups is 1. The fourth-order valence-corrected chi connectivity index (χ4v) is 1.42. The van der Waals surface area contributed by atoms with Crippen molar-refractivity contribution in [3.8, 4) is 6.01 Å².